The zero-order chi connectivity index (χ0) is 17.3. The standard InChI is InChI=1S/C21H25NO3.ClH/c1-3-8-22-9-7-21-17-12(4-2)11-16(24)20(21)25-19-15(23)6-5-13(18(19)21)10-14(17)22;/h3,5-6,12,14,17,20,23H,1,4,7-11H2,2H3;1H/t12-,14+,17-,20-,21-;/m0./s1. The van der Waals surface area contributed by atoms with Gasteiger partial charge in [0.1, 0.15) is 0 Å². The Hall–Kier alpha value is -1.52. The lowest BCUT2D eigenvalue weighted by molar-refractivity contribution is -0.144. The molecule has 1 aromatic rings. The van der Waals surface area contributed by atoms with Gasteiger partial charge in [0.25, 0.3) is 0 Å². The van der Waals surface area contributed by atoms with Gasteiger partial charge < -0.3 is 9.84 Å². The number of hydrogen-bond donors (Lipinski definition) is 1. The normalized spacial score (nSPS) is 36.7. The van der Waals surface area contributed by atoms with E-state index in [9.17, 15) is 9.90 Å². The van der Waals surface area contributed by atoms with Gasteiger partial charge in [-0.05, 0) is 42.9 Å². The van der Waals surface area contributed by atoms with Crippen LogP contribution in [0.3, 0.4) is 0 Å². The first-order valence-corrected chi connectivity index (χ1v) is 9.51. The minimum absolute atomic E-state index is 0. The van der Waals surface area contributed by atoms with E-state index in [1.54, 1.807) is 6.07 Å². The zero-order valence-electron chi connectivity index (χ0n) is 15.1. The number of ether oxygens (including phenoxy) is 1. The molecule has 0 amide bonds. The number of carbonyl (C=O) groups is 1. The molecule has 1 saturated carbocycles. The maximum absolute atomic E-state index is 13.0. The average molecular weight is 376 g/mol. The van der Waals surface area contributed by atoms with Gasteiger partial charge in [-0.15, -0.1) is 19.0 Å². The van der Waals surface area contributed by atoms with Gasteiger partial charge in [0.2, 0.25) is 0 Å². The van der Waals surface area contributed by atoms with Crippen LogP contribution in [-0.2, 0) is 16.6 Å². The van der Waals surface area contributed by atoms with E-state index < -0.39 is 6.10 Å². The molecule has 5 atom stereocenters. The molecule has 2 aliphatic heterocycles. The molecule has 5 rings (SSSR count). The number of aromatic hydroxyl groups is 1. The SMILES string of the molecule is C=CCN1CC[C@]23c4c5ccc(O)c4O[C@H]2C(=O)C[C@H](CC)[C@H]3[C@H]1C5.Cl. The summed E-state index contributed by atoms with van der Waals surface area (Å²) in [5, 5.41) is 10.4. The van der Waals surface area contributed by atoms with Crippen LogP contribution in [0.5, 0.6) is 11.5 Å². The first-order valence-electron chi connectivity index (χ1n) is 9.51. The number of likely N-dealkylation sites (tertiary alicyclic amines) is 1. The summed E-state index contributed by atoms with van der Waals surface area (Å²) < 4.78 is 6.17. The third-order valence-electron chi connectivity index (χ3n) is 7.26. The highest BCUT2D eigenvalue weighted by molar-refractivity contribution is 5.89. The second kappa shape index (κ2) is 6.00. The van der Waals surface area contributed by atoms with Crippen LogP contribution >= 0.6 is 12.4 Å². The van der Waals surface area contributed by atoms with Gasteiger partial charge >= 0.3 is 0 Å². The van der Waals surface area contributed by atoms with Crippen molar-refractivity contribution in [3.05, 3.63) is 35.9 Å². The van der Waals surface area contributed by atoms with E-state index in [1.807, 2.05) is 12.1 Å². The number of phenolic OH excluding ortho intramolecular Hbond substituents is 1. The van der Waals surface area contributed by atoms with E-state index >= 15 is 0 Å². The van der Waals surface area contributed by atoms with E-state index in [2.05, 4.69) is 18.4 Å². The molecule has 1 saturated heterocycles. The molecule has 0 aromatic heterocycles. The zero-order valence-corrected chi connectivity index (χ0v) is 15.9. The number of halogens is 1. The second-order valence-corrected chi connectivity index (χ2v) is 8.16. The largest absolute Gasteiger partial charge is 0.504 e. The fourth-order valence-electron chi connectivity index (χ4n) is 6.45. The van der Waals surface area contributed by atoms with Crippen molar-refractivity contribution in [1.82, 2.24) is 4.90 Å². The first-order chi connectivity index (χ1) is 12.1. The number of benzene rings is 1. The molecule has 1 aromatic carbocycles. The minimum atomic E-state index is -0.406. The van der Waals surface area contributed by atoms with Crippen LogP contribution in [0, 0.1) is 11.8 Å². The van der Waals surface area contributed by atoms with Crippen LogP contribution in [0.2, 0.25) is 0 Å². The topological polar surface area (TPSA) is 49.8 Å². The highest BCUT2D eigenvalue weighted by atomic mass is 35.5. The first kappa shape index (κ1) is 17.9. The molecule has 1 N–H and O–H groups in total. The Bertz CT molecular complexity index is 779. The number of piperidine rings is 1. The summed E-state index contributed by atoms with van der Waals surface area (Å²) in [5.41, 5.74) is 2.18. The molecule has 26 heavy (non-hydrogen) atoms. The number of ketones is 1. The quantitative estimate of drug-likeness (QED) is 0.824. The second-order valence-electron chi connectivity index (χ2n) is 8.16. The van der Waals surface area contributed by atoms with E-state index in [-0.39, 0.29) is 29.4 Å². The molecule has 140 valence electrons. The molecular weight excluding hydrogens is 350 g/mol. The van der Waals surface area contributed by atoms with E-state index in [1.165, 1.54) is 5.56 Å². The summed E-state index contributed by atoms with van der Waals surface area (Å²) in [4.78, 5) is 15.5. The maximum Gasteiger partial charge on any atom is 0.174 e. The number of rotatable bonds is 3. The van der Waals surface area contributed by atoms with Gasteiger partial charge in [-0.3, -0.25) is 9.69 Å². The summed E-state index contributed by atoms with van der Waals surface area (Å²) in [7, 11) is 0. The van der Waals surface area contributed by atoms with E-state index in [0.29, 0.717) is 30.0 Å². The number of nitrogens with zero attached hydrogens (tertiary/aromatic N) is 1. The third kappa shape index (κ3) is 1.97. The summed E-state index contributed by atoms with van der Waals surface area (Å²) >= 11 is 0. The molecule has 0 unspecified atom stereocenters. The number of phenols is 1. The number of Topliss-reactive ketones (excluding diaryl/α,β-unsaturated/α-hetero) is 1. The summed E-state index contributed by atoms with van der Waals surface area (Å²) in [5.74, 6) is 1.82. The predicted molar refractivity (Wildman–Crippen MR) is 102 cm³/mol. The molecule has 2 bridgehead atoms. The number of carbonyl (C=O) groups excluding carboxylic acids is 1. The van der Waals surface area contributed by atoms with Crippen molar-refractivity contribution in [3.8, 4) is 11.5 Å². The van der Waals surface area contributed by atoms with Crippen LogP contribution < -0.4 is 4.74 Å². The molecule has 4 aliphatic rings. The Kier molecular flexibility index (Phi) is 4.12. The van der Waals surface area contributed by atoms with Crippen molar-refractivity contribution in [3.63, 3.8) is 0 Å². The molecule has 1 spiro atoms. The van der Waals surface area contributed by atoms with Crippen molar-refractivity contribution >= 4 is 18.2 Å². The molecule has 2 aliphatic carbocycles. The van der Waals surface area contributed by atoms with E-state index in [4.69, 9.17) is 4.74 Å². The molecular formula is C21H26ClNO3. The molecule has 5 heteroatoms. The summed E-state index contributed by atoms with van der Waals surface area (Å²) in [6, 6.07) is 4.21. The van der Waals surface area contributed by atoms with Crippen LogP contribution in [0.15, 0.2) is 24.8 Å². The van der Waals surface area contributed by atoms with Gasteiger partial charge in [-0.25, -0.2) is 0 Å². The Morgan fingerprint density at radius 1 is 1.42 bits per heavy atom. The fraction of sp³-hybridized carbons (Fsp3) is 0.571. The highest BCUT2D eigenvalue weighted by Crippen LogP contribution is 2.64. The van der Waals surface area contributed by atoms with Crippen molar-refractivity contribution in [2.45, 2.75) is 50.2 Å². The molecule has 2 heterocycles. The fourth-order valence-corrected chi connectivity index (χ4v) is 6.45. The van der Waals surface area contributed by atoms with Crippen LogP contribution in [0.1, 0.15) is 37.3 Å². The molecule has 0 radical (unpaired) electrons. The molecule has 4 nitrogen and oxygen atoms in total. The average Bonchev–Trinajstić information content (AvgIpc) is 2.96. The van der Waals surface area contributed by atoms with Crippen LogP contribution in [0.4, 0.5) is 0 Å². The van der Waals surface area contributed by atoms with Gasteiger partial charge in [0.15, 0.2) is 23.4 Å². The Balaban J connectivity index is 0.00000168. The lowest BCUT2D eigenvalue weighted by Crippen LogP contribution is -2.68. The van der Waals surface area contributed by atoms with Gasteiger partial charge in [0.05, 0.1) is 0 Å². The van der Waals surface area contributed by atoms with Crippen molar-refractivity contribution < 1.29 is 14.6 Å². The van der Waals surface area contributed by atoms with Crippen LogP contribution in [0.25, 0.3) is 0 Å². The minimum Gasteiger partial charge on any atom is -0.504 e. The monoisotopic (exact) mass is 375 g/mol. The predicted octanol–water partition coefficient (Wildman–Crippen LogP) is 3.24. The van der Waals surface area contributed by atoms with E-state index in [0.717, 1.165) is 37.9 Å². The Morgan fingerprint density at radius 3 is 2.96 bits per heavy atom. The molecule has 2 fully saturated rings. The number of hydrogen-bond acceptors (Lipinski definition) is 4. The summed E-state index contributed by atoms with van der Waals surface area (Å²) in [6.45, 7) is 8.01. The lowest BCUT2D eigenvalue weighted by atomic mass is 9.48. The van der Waals surface area contributed by atoms with Gasteiger partial charge in [-0.2, -0.15) is 0 Å². The van der Waals surface area contributed by atoms with Crippen molar-refractivity contribution in [2.24, 2.45) is 11.8 Å². The van der Waals surface area contributed by atoms with Crippen molar-refractivity contribution in [1.29, 1.82) is 0 Å². The van der Waals surface area contributed by atoms with Gasteiger partial charge in [0, 0.05) is 30.0 Å². The maximum atomic E-state index is 13.0. The Morgan fingerprint density at radius 2 is 2.23 bits per heavy atom. The smallest absolute Gasteiger partial charge is 0.174 e. The van der Waals surface area contributed by atoms with Gasteiger partial charge in [-0.1, -0.05) is 25.5 Å². The van der Waals surface area contributed by atoms with Crippen molar-refractivity contribution in [2.75, 3.05) is 13.1 Å². The van der Waals surface area contributed by atoms with Crippen LogP contribution in [-0.4, -0.2) is 41.0 Å². The Labute approximate surface area is 160 Å². The summed E-state index contributed by atoms with van der Waals surface area (Å²) in [6.07, 6.45) is 5.12. The third-order valence-corrected chi connectivity index (χ3v) is 7.26. The highest BCUT2D eigenvalue weighted by Gasteiger charge is 2.67. The lowest BCUT2D eigenvalue weighted by Gasteiger charge is -2.60.